The van der Waals surface area contributed by atoms with Gasteiger partial charge >= 0.3 is 0 Å². The number of rotatable bonds is 1. The van der Waals surface area contributed by atoms with Gasteiger partial charge in [0.15, 0.2) is 0 Å². The minimum Gasteiger partial charge on any atom is -0.316 e. The van der Waals surface area contributed by atoms with Crippen LogP contribution in [0.3, 0.4) is 0 Å². The Morgan fingerprint density at radius 3 is 2.92 bits per heavy atom. The summed E-state index contributed by atoms with van der Waals surface area (Å²) >= 11 is 1.88. The lowest BCUT2D eigenvalue weighted by Gasteiger charge is -2.24. The molecule has 2 heterocycles. The molecule has 1 unspecified atom stereocenters. The Morgan fingerprint density at radius 1 is 1.58 bits per heavy atom. The SMILES string of the molecule is CC1(C)CNCC1c1cccs1. The van der Waals surface area contributed by atoms with Crippen molar-refractivity contribution in [3.05, 3.63) is 22.4 Å². The molecule has 0 bridgehead atoms. The molecule has 1 N–H and O–H groups in total. The maximum Gasteiger partial charge on any atom is 0.0121 e. The molecule has 0 saturated carbocycles. The zero-order valence-electron chi connectivity index (χ0n) is 7.63. The van der Waals surface area contributed by atoms with E-state index >= 15 is 0 Å². The summed E-state index contributed by atoms with van der Waals surface area (Å²) in [6, 6.07) is 4.40. The van der Waals surface area contributed by atoms with Gasteiger partial charge < -0.3 is 5.32 Å². The quantitative estimate of drug-likeness (QED) is 0.702. The van der Waals surface area contributed by atoms with E-state index in [4.69, 9.17) is 0 Å². The van der Waals surface area contributed by atoms with Crippen LogP contribution in [-0.2, 0) is 0 Å². The number of hydrogen-bond acceptors (Lipinski definition) is 2. The van der Waals surface area contributed by atoms with Gasteiger partial charge in [0, 0.05) is 23.9 Å². The Labute approximate surface area is 77.8 Å². The first-order chi connectivity index (χ1) is 5.70. The molecule has 66 valence electrons. The van der Waals surface area contributed by atoms with Crippen molar-refractivity contribution in [1.82, 2.24) is 5.32 Å². The molecule has 1 aliphatic heterocycles. The maximum absolute atomic E-state index is 3.46. The van der Waals surface area contributed by atoms with Crippen molar-refractivity contribution < 1.29 is 0 Å². The van der Waals surface area contributed by atoms with Gasteiger partial charge in [-0.05, 0) is 16.9 Å². The molecule has 2 rings (SSSR count). The molecule has 0 spiro atoms. The zero-order valence-corrected chi connectivity index (χ0v) is 8.45. The van der Waals surface area contributed by atoms with Crippen molar-refractivity contribution in [1.29, 1.82) is 0 Å². The topological polar surface area (TPSA) is 12.0 Å². The monoisotopic (exact) mass is 181 g/mol. The first kappa shape index (κ1) is 8.27. The van der Waals surface area contributed by atoms with Gasteiger partial charge in [0.1, 0.15) is 0 Å². The first-order valence-corrected chi connectivity index (χ1v) is 5.32. The molecular formula is C10H15NS. The highest BCUT2D eigenvalue weighted by molar-refractivity contribution is 7.10. The first-order valence-electron chi connectivity index (χ1n) is 4.44. The van der Waals surface area contributed by atoms with E-state index in [-0.39, 0.29) is 0 Å². The highest BCUT2D eigenvalue weighted by Crippen LogP contribution is 2.39. The summed E-state index contributed by atoms with van der Waals surface area (Å²) in [6.45, 7) is 6.98. The Kier molecular flexibility index (Phi) is 1.97. The van der Waals surface area contributed by atoms with Crippen molar-refractivity contribution in [2.24, 2.45) is 5.41 Å². The number of hydrogen-bond donors (Lipinski definition) is 1. The fourth-order valence-corrected chi connectivity index (χ4v) is 2.95. The van der Waals surface area contributed by atoms with Gasteiger partial charge in [-0.15, -0.1) is 11.3 Å². The fourth-order valence-electron chi connectivity index (χ4n) is 1.91. The highest BCUT2D eigenvalue weighted by atomic mass is 32.1. The van der Waals surface area contributed by atoms with E-state index < -0.39 is 0 Å². The lowest BCUT2D eigenvalue weighted by molar-refractivity contribution is 0.366. The van der Waals surface area contributed by atoms with Crippen LogP contribution in [0.4, 0.5) is 0 Å². The molecule has 0 aromatic carbocycles. The Morgan fingerprint density at radius 2 is 2.42 bits per heavy atom. The molecular weight excluding hydrogens is 166 g/mol. The summed E-state index contributed by atoms with van der Waals surface area (Å²) in [5.74, 6) is 0.720. The lowest BCUT2D eigenvalue weighted by Crippen LogP contribution is -2.19. The molecule has 0 aliphatic carbocycles. The Bertz CT molecular complexity index is 251. The van der Waals surface area contributed by atoms with Gasteiger partial charge in [-0.25, -0.2) is 0 Å². The largest absolute Gasteiger partial charge is 0.316 e. The molecule has 1 atom stereocenters. The molecule has 2 heteroatoms. The third-order valence-corrected chi connectivity index (χ3v) is 3.75. The predicted molar refractivity (Wildman–Crippen MR) is 53.7 cm³/mol. The summed E-state index contributed by atoms with van der Waals surface area (Å²) in [6.07, 6.45) is 0. The van der Waals surface area contributed by atoms with Crippen molar-refractivity contribution in [2.45, 2.75) is 19.8 Å². The van der Waals surface area contributed by atoms with E-state index in [9.17, 15) is 0 Å². The zero-order chi connectivity index (χ0) is 8.60. The van der Waals surface area contributed by atoms with E-state index in [0.717, 1.165) is 19.0 Å². The van der Waals surface area contributed by atoms with Crippen LogP contribution in [0.15, 0.2) is 17.5 Å². The maximum atomic E-state index is 3.46. The predicted octanol–water partition coefficient (Wildman–Crippen LogP) is 2.46. The Balaban J connectivity index is 2.25. The minimum atomic E-state index is 0.435. The molecule has 1 saturated heterocycles. The van der Waals surface area contributed by atoms with Crippen molar-refractivity contribution in [2.75, 3.05) is 13.1 Å². The Hall–Kier alpha value is -0.340. The molecule has 1 fully saturated rings. The van der Waals surface area contributed by atoms with E-state index in [1.165, 1.54) is 4.88 Å². The smallest absolute Gasteiger partial charge is 0.0121 e. The summed E-state index contributed by atoms with van der Waals surface area (Å²) in [4.78, 5) is 1.53. The molecule has 0 amide bonds. The van der Waals surface area contributed by atoms with Gasteiger partial charge in [-0.2, -0.15) is 0 Å². The summed E-state index contributed by atoms with van der Waals surface area (Å²) in [7, 11) is 0. The second kappa shape index (κ2) is 2.86. The van der Waals surface area contributed by atoms with Crippen LogP contribution in [-0.4, -0.2) is 13.1 Å². The van der Waals surface area contributed by atoms with Crippen LogP contribution in [0.5, 0.6) is 0 Å². The second-order valence-electron chi connectivity index (χ2n) is 4.19. The summed E-state index contributed by atoms with van der Waals surface area (Å²) in [5, 5.41) is 5.63. The van der Waals surface area contributed by atoms with Gasteiger partial charge in [-0.1, -0.05) is 19.9 Å². The fraction of sp³-hybridized carbons (Fsp3) is 0.600. The molecule has 1 aromatic rings. The summed E-state index contributed by atoms with van der Waals surface area (Å²) in [5.41, 5.74) is 0.435. The third-order valence-electron chi connectivity index (χ3n) is 2.76. The number of thiophene rings is 1. The highest BCUT2D eigenvalue weighted by Gasteiger charge is 2.35. The van der Waals surface area contributed by atoms with Crippen molar-refractivity contribution >= 4 is 11.3 Å². The van der Waals surface area contributed by atoms with Crippen LogP contribution in [0.25, 0.3) is 0 Å². The normalized spacial score (nSPS) is 27.7. The third kappa shape index (κ3) is 1.29. The van der Waals surface area contributed by atoms with Gasteiger partial charge in [0.2, 0.25) is 0 Å². The van der Waals surface area contributed by atoms with Crippen LogP contribution in [0.2, 0.25) is 0 Å². The van der Waals surface area contributed by atoms with Crippen molar-refractivity contribution in [3.63, 3.8) is 0 Å². The van der Waals surface area contributed by atoms with Crippen LogP contribution in [0, 0.1) is 5.41 Å². The van der Waals surface area contributed by atoms with Gasteiger partial charge in [0.05, 0.1) is 0 Å². The van der Waals surface area contributed by atoms with Gasteiger partial charge in [0.25, 0.3) is 0 Å². The van der Waals surface area contributed by atoms with Crippen LogP contribution >= 0.6 is 11.3 Å². The standard InChI is InChI=1S/C10H15NS/c1-10(2)7-11-6-8(10)9-4-3-5-12-9/h3-5,8,11H,6-7H2,1-2H3. The van der Waals surface area contributed by atoms with Crippen molar-refractivity contribution in [3.8, 4) is 0 Å². The molecule has 0 radical (unpaired) electrons. The van der Waals surface area contributed by atoms with E-state index in [2.05, 4.69) is 36.7 Å². The second-order valence-corrected chi connectivity index (χ2v) is 5.17. The van der Waals surface area contributed by atoms with Crippen LogP contribution in [0.1, 0.15) is 24.6 Å². The molecule has 1 nitrogen and oxygen atoms in total. The molecule has 1 aromatic heterocycles. The minimum absolute atomic E-state index is 0.435. The average Bonchev–Trinajstić information content (AvgIpc) is 2.55. The number of nitrogens with one attached hydrogen (secondary N) is 1. The summed E-state index contributed by atoms with van der Waals surface area (Å²) < 4.78 is 0. The van der Waals surface area contributed by atoms with Crippen LogP contribution < -0.4 is 5.32 Å². The van der Waals surface area contributed by atoms with E-state index in [1.807, 2.05) is 11.3 Å². The van der Waals surface area contributed by atoms with E-state index in [1.54, 1.807) is 0 Å². The van der Waals surface area contributed by atoms with E-state index in [0.29, 0.717) is 5.41 Å². The molecule has 1 aliphatic rings. The average molecular weight is 181 g/mol. The lowest BCUT2D eigenvalue weighted by atomic mass is 9.81. The van der Waals surface area contributed by atoms with Gasteiger partial charge in [-0.3, -0.25) is 0 Å². The molecule has 12 heavy (non-hydrogen) atoms.